The highest BCUT2D eigenvalue weighted by Gasteiger charge is 2.18. The first-order chi connectivity index (χ1) is 13.1. The van der Waals surface area contributed by atoms with Crippen LogP contribution in [0.2, 0.25) is 0 Å². The van der Waals surface area contributed by atoms with Crippen molar-refractivity contribution in [2.24, 2.45) is 0 Å². The molecule has 5 nitrogen and oxygen atoms in total. The molecule has 0 amide bonds. The number of benzene rings is 1. The van der Waals surface area contributed by atoms with Gasteiger partial charge >= 0.3 is 0 Å². The number of β-amino-alcohol motifs (C(OH)–C–C–N with tert-alkyl or cyclic N) is 1. The van der Waals surface area contributed by atoms with Crippen molar-refractivity contribution in [2.75, 3.05) is 59.0 Å². The average molecular weight is 374 g/mol. The van der Waals surface area contributed by atoms with E-state index >= 15 is 0 Å². The third-order valence-corrected chi connectivity index (χ3v) is 4.90. The Balaban J connectivity index is 1.78. The monoisotopic (exact) mass is 373 g/mol. The molecule has 0 aliphatic carbocycles. The Bertz CT molecular complexity index is 560. The van der Waals surface area contributed by atoms with Gasteiger partial charge in [0.25, 0.3) is 0 Å². The van der Waals surface area contributed by atoms with Gasteiger partial charge in [-0.05, 0) is 24.2 Å². The highest BCUT2D eigenvalue weighted by molar-refractivity contribution is 5.28. The Morgan fingerprint density at radius 1 is 1.15 bits per heavy atom. The SMILES string of the molecule is C=CCN(CC=C)Cc1cccc(OC[C@@H](O)CN2CCN(CC)CC2)c1. The Hall–Kier alpha value is -1.66. The first-order valence-electron chi connectivity index (χ1n) is 9.93. The van der Waals surface area contributed by atoms with Crippen LogP contribution in [0.15, 0.2) is 49.6 Å². The molecule has 0 aromatic heterocycles. The van der Waals surface area contributed by atoms with Gasteiger partial charge in [0.1, 0.15) is 18.5 Å². The zero-order valence-electron chi connectivity index (χ0n) is 16.7. The molecule has 0 spiro atoms. The van der Waals surface area contributed by atoms with Crippen LogP contribution in [0.25, 0.3) is 0 Å². The number of nitrogens with zero attached hydrogens (tertiary/aromatic N) is 3. The molecule has 0 bridgehead atoms. The summed E-state index contributed by atoms with van der Waals surface area (Å²) in [5, 5.41) is 10.3. The van der Waals surface area contributed by atoms with Gasteiger partial charge in [-0.15, -0.1) is 13.2 Å². The molecule has 5 heteroatoms. The summed E-state index contributed by atoms with van der Waals surface area (Å²) in [6, 6.07) is 8.09. The van der Waals surface area contributed by atoms with Gasteiger partial charge in [-0.3, -0.25) is 9.80 Å². The molecule has 1 N–H and O–H groups in total. The summed E-state index contributed by atoms with van der Waals surface area (Å²) in [5.74, 6) is 0.805. The summed E-state index contributed by atoms with van der Waals surface area (Å²) in [5.41, 5.74) is 1.18. The van der Waals surface area contributed by atoms with Crippen molar-refractivity contribution in [1.29, 1.82) is 0 Å². The van der Waals surface area contributed by atoms with Crippen molar-refractivity contribution >= 4 is 0 Å². The van der Waals surface area contributed by atoms with E-state index in [9.17, 15) is 5.11 Å². The fourth-order valence-corrected chi connectivity index (χ4v) is 3.39. The summed E-state index contributed by atoms with van der Waals surface area (Å²) in [6.45, 7) is 18.6. The molecule has 150 valence electrons. The highest BCUT2D eigenvalue weighted by atomic mass is 16.5. The van der Waals surface area contributed by atoms with Gasteiger partial charge < -0.3 is 14.7 Å². The zero-order chi connectivity index (χ0) is 19.5. The molecule has 27 heavy (non-hydrogen) atoms. The summed E-state index contributed by atoms with van der Waals surface area (Å²) in [4.78, 5) is 7.01. The van der Waals surface area contributed by atoms with Crippen LogP contribution < -0.4 is 4.74 Å². The predicted molar refractivity (Wildman–Crippen MR) is 112 cm³/mol. The Morgan fingerprint density at radius 2 is 1.81 bits per heavy atom. The number of rotatable bonds is 12. The largest absolute Gasteiger partial charge is 0.491 e. The van der Waals surface area contributed by atoms with E-state index in [1.54, 1.807) is 0 Å². The van der Waals surface area contributed by atoms with Crippen LogP contribution in [0.3, 0.4) is 0 Å². The van der Waals surface area contributed by atoms with Crippen LogP contribution in [-0.2, 0) is 6.54 Å². The van der Waals surface area contributed by atoms with Crippen LogP contribution in [0, 0.1) is 0 Å². The van der Waals surface area contributed by atoms with Gasteiger partial charge in [0.15, 0.2) is 0 Å². The van der Waals surface area contributed by atoms with Crippen molar-refractivity contribution in [2.45, 2.75) is 19.6 Å². The van der Waals surface area contributed by atoms with Crippen LogP contribution in [0.4, 0.5) is 0 Å². The van der Waals surface area contributed by atoms with E-state index in [0.29, 0.717) is 13.2 Å². The maximum Gasteiger partial charge on any atom is 0.119 e. The summed E-state index contributed by atoms with van der Waals surface area (Å²) < 4.78 is 5.85. The molecule has 1 saturated heterocycles. The molecule has 1 heterocycles. The second-order valence-corrected chi connectivity index (χ2v) is 7.12. The number of piperazine rings is 1. The van der Waals surface area contributed by atoms with Gasteiger partial charge in [-0.25, -0.2) is 0 Å². The number of likely N-dealkylation sites (N-methyl/N-ethyl adjacent to an activating group) is 1. The minimum absolute atomic E-state index is 0.320. The van der Waals surface area contributed by atoms with E-state index in [0.717, 1.165) is 58.1 Å². The molecule has 1 aromatic rings. The zero-order valence-corrected chi connectivity index (χ0v) is 16.7. The van der Waals surface area contributed by atoms with Gasteiger partial charge in [0.05, 0.1) is 0 Å². The minimum Gasteiger partial charge on any atom is -0.491 e. The maximum atomic E-state index is 10.3. The lowest BCUT2D eigenvalue weighted by molar-refractivity contribution is 0.0470. The summed E-state index contributed by atoms with van der Waals surface area (Å²) in [6.07, 6.45) is 3.33. The first kappa shape index (κ1) is 21.6. The molecule has 1 aliphatic rings. The van der Waals surface area contributed by atoms with Gasteiger partial charge in [-0.1, -0.05) is 31.2 Å². The molecular formula is C22H35N3O2. The van der Waals surface area contributed by atoms with E-state index < -0.39 is 6.10 Å². The molecular weight excluding hydrogens is 338 g/mol. The second-order valence-electron chi connectivity index (χ2n) is 7.12. The third kappa shape index (κ3) is 7.85. The lowest BCUT2D eigenvalue weighted by Gasteiger charge is -2.34. The number of aliphatic hydroxyl groups excluding tert-OH is 1. The fraction of sp³-hybridized carbons (Fsp3) is 0.545. The number of hydrogen-bond acceptors (Lipinski definition) is 5. The van der Waals surface area contributed by atoms with Crippen LogP contribution in [0.1, 0.15) is 12.5 Å². The summed E-state index contributed by atoms with van der Waals surface area (Å²) >= 11 is 0. The van der Waals surface area contributed by atoms with Crippen LogP contribution in [0.5, 0.6) is 5.75 Å². The smallest absolute Gasteiger partial charge is 0.119 e. The van der Waals surface area contributed by atoms with Crippen molar-refractivity contribution in [3.8, 4) is 5.75 Å². The molecule has 2 rings (SSSR count). The Kier molecular flexibility index (Phi) is 9.56. The van der Waals surface area contributed by atoms with Crippen molar-refractivity contribution in [1.82, 2.24) is 14.7 Å². The molecule has 0 saturated carbocycles. The van der Waals surface area contributed by atoms with E-state index in [1.807, 2.05) is 30.4 Å². The average Bonchev–Trinajstić information content (AvgIpc) is 2.68. The highest BCUT2D eigenvalue weighted by Crippen LogP contribution is 2.15. The van der Waals surface area contributed by atoms with E-state index in [1.165, 1.54) is 5.56 Å². The van der Waals surface area contributed by atoms with Gasteiger partial charge in [0, 0.05) is 52.4 Å². The molecule has 1 aromatic carbocycles. The molecule has 0 unspecified atom stereocenters. The molecule has 0 radical (unpaired) electrons. The first-order valence-corrected chi connectivity index (χ1v) is 9.93. The second kappa shape index (κ2) is 11.9. The number of aliphatic hydroxyl groups is 1. The van der Waals surface area contributed by atoms with Gasteiger partial charge in [0.2, 0.25) is 0 Å². The normalized spacial score (nSPS) is 17.0. The van der Waals surface area contributed by atoms with Crippen LogP contribution >= 0.6 is 0 Å². The fourth-order valence-electron chi connectivity index (χ4n) is 3.39. The minimum atomic E-state index is -0.472. The topological polar surface area (TPSA) is 39.2 Å². The Morgan fingerprint density at radius 3 is 2.44 bits per heavy atom. The predicted octanol–water partition coefficient (Wildman–Crippen LogP) is 2.24. The van der Waals surface area contributed by atoms with Crippen LogP contribution in [-0.4, -0.2) is 84.9 Å². The number of hydrogen-bond donors (Lipinski definition) is 1. The maximum absolute atomic E-state index is 10.3. The molecule has 1 aliphatic heterocycles. The van der Waals surface area contributed by atoms with Crippen molar-refractivity contribution in [3.63, 3.8) is 0 Å². The van der Waals surface area contributed by atoms with E-state index in [2.05, 4.69) is 40.8 Å². The Labute approximate surface area is 164 Å². The molecule has 1 atom stereocenters. The van der Waals surface area contributed by atoms with Crippen molar-refractivity contribution < 1.29 is 9.84 Å². The van der Waals surface area contributed by atoms with E-state index in [4.69, 9.17) is 4.74 Å². The lowest BCUT2D eigenvalue weighted by Crippen LogP contribution is -2.49. The lowest BCUT2D eigenvalue weighted by atomic mass is 10.2. The third-order valence-electron chi connectivity index (χ3n) is 4.90. The standard InChI is InChI=1S/C22H35N3O2/c1-4-10-24(11-5-2)17-20-8-7-9-22(16-20)27-19-21(26)18-25-14-12-23(6-3)13-15-25/h4-5,7-9,16,21,26H,1-2,6,10-15,17-19H2,3H3/t21-/m0/s1. The van der Waals surface area contributed by atoms with Crippen molar-refractivity contribution in [3.05, 3.63) is 55.1 Å². The summed E-state index contributed by atoms with van der Waals surface area (Å²) in [7, 11) is 0. The number of ether oxygens (including phenoxy) is 1. The van der Waals surface area contributed by atoms with Gasteiger partial charge in [-0.2, -0.15) is 0 Å². The van der Waals surface area contributed by atoms with E-state index in [-0.39, 0.29) is 0 Å². The molecule has 1 fully saturated rings. The quantitative estimate of drug-likeness (QED) is 0.569.